The molecule has 0 heterocycles. The van der Waals surface area contributed by atoms with E-state index < -0.39 is 0 Å². The number of unbranched alkanes of at least 4 members (excludes halogenated alkanes) is 1. The molecule has 0 amide bonds. The Labute approximate surface area is 38.0 Å². The molecule has 0 spiro atoms. The van der Waals surface area contributed by atoms with Crippen LogP contribution in [0.2, 0.25) is 0 Å². The molecule has 1 radical (unpaired) electrons. The first-order valence-corrected chi connectivity index (χ1v) is 1.83. The third-order valence-electron chi connectivity index (χ3n) is 0.381. The van der Waals surface area contributed by atoms with Crippen molar-refractivity contribution in [3.8, 4) is 12.0 Å². The van der Waals surface area contributed by atoms with Gasteiger partial charge in [-0.25, -0.2) is 0 Å². The first-order valence-electron chi connectivity index (χ1n) is 1.83. The summed E-state index contributed by atoms with van der Waals surface area (Å²) in [6, 6.07) is 0. The summed E-state index contributed by atoms with van der Waals surface area (Å²) in [4.78, 5) is 0. The summed E-state index contributed by atoms with van der Waals surface area (Å²) in [6.07, 6.45) is 3.24. The molecule has 0 aliphatic carbocycles. The van der Waals surface area contributed by atoms with E-state index >= 15 is 0 Å². The van der Waals surface area contributed by atoms with Gasteiger partial charge in [0.05, 0.1) is 0 Å². The first kappa shape index (κ1) is 5.36. The molecular formula is C5H7O. The molecule has 1 N–H and O–H groups in total. The largest absolute Gasteiger partial charge is 0.462 e. The maximum atomic E-state index is 7.81. The molecule has 0 unspecified atom stereocenters. The van der Waals surface area contributed by atoms with Crippen LogP contribution in [0.5, 0.6) is 0 Å². The Kier molecular flexibility index (Phi) is 3.89. The Bertz CT molecular complexity index is 65.7. The van der Waals surface area contributed by atoms with E-state index in [0.717, 1.165) is 6.42 Å². The summed E-state index contributed by atoms with van der Waals surface area (Å²) in [6.45, 7) is 3.51. The van der Waals surface area contributed by atoms with E-state index in [4.69, 9.17) is 5.11 Å². The number of aliphatic hydroxyl groups excluding tert-OH is 1. The fourth-order valence-electron chi connectivity index (χ4n) is 0.144. The van der Waals surface area contributed by atoms with Crippen LogP contribution in [0.4, 0.5) is 0 Å². The van der Waals surface area contributed by atoms with E-state index in [9.17, 15) is 0 Å². The highest BCUT2D eigenvalue weighted by atomic mass is 16.2. The lowest BCUT2D eigenvalue weighted by molar-refractivity contribution is 0.516. The molecule has 1 heteroatoms. The first-order chi connectivity index (χ1) is 2.91. The number of aliphatic hydroxyl groups is 1. The summed E-state index contributed by atoms with van der Waals surface area (Å²) < 4.78 is 0. The molecule has 0 aromatic carbocycles. The van der Waals surface area contributed by atoms with E-state index in [1.165, 1.54) is 0 Å². The van der Waals surface area contributed by atoms with Crippen LogP contribution in [0.25, 0.3) is 0 Å². The van der Waals surface area contributed by atoms with Crippen molar-refractivity contribution in [1.82, 2.24) is 0 Å². The van der Waals surface area contributed by atoms with Crippen LogP contribution in [0.1, 0.15) is 12.8 Å². The second-order valence-electron chi connectivity index (χ2n) is 0.892. The highest BCUT2D eigenvalue weighted by Gasteiger charge is 1.65. The molecule has 0 rings (SSSR count). The molecule has 0 saturated heterocycles. The van der Waals surface area contributed by atoms with Crippen LogP contribution < -0.4 is 0 Å². The molecule has 0 aliphatic heterocycles. The quantitative estimate of drug-likeness (QED) is 0.467. The average Bonchev–Trinajstić information content (AvgIpc) is 1.61. The summed E-state index contributed by atoms with van der Waals surface area (Å²) in [5.41, 5.74) is 0. The monoisotopic (exact) mass is 83.0 g/mol. The van der Waals surface area contributed by atoms with Gasteiger partial charge in [0, 0.05) is 6.42 Å². The van der Waals surface area contributed by atoms with Gasteiger partial charge in [0.1, 0.15) is 6.11 Å². The molecule has 0 aromatic heterocycles. The van der Waals surface area contributed by atoms with E-state index in [-0.39, 0.29) is 0 Å². The number of rotatable bonds is 1. The smallest absolute Gasteiger partial charge is 0.107 e. The van der Waals surface area contributed by atoms with E-state index in [1.807, 2.05) is 0 Å². The number of hydrogen-bond acceptors (Lipinski definition) is 1. The standard InChI is InChI=1S/C5H7O/c1-2-3-4-5-6/h6H,1-3H2. The molecule has 0 bridgehead atoms. The van der Waals surface area contributed by atoms with Crippen molar-refractivity contribution >= 4 is 0 Å². The molecule has 0 aromatic rings. The van der Waals surface area contributed by atoms with Gasteiger partial charge in [-0.1, -0.05) is 12.8 Å². The van der Waals surface area contributed by atoms with Crippen molar-refractivity contribution in [3.63, 3.8) is 0 Å². The summed E-state index contributed by atoms with van der Waals surface area (Å²) in [5, 5.41) is 7.81. The number of hydrogen-bond donors (Lipinski definition) is 1. The summed E-state index contributed by atoms with van der Waals surface area (Å²) >= 11 is 0. The van der Waals surface area contributed by atoms with Crippen LogP contribution >= 0.6 is 0 Å². The molecule has 0 fully saturated rings. The minimum Gasteiger partial charge on any atom is -0.462 e. The minimum absolute atomic E-state index is 0.691. The van der Waals surface area contributed by atoms with Crippen molar-refractivity contribution < 1.29 is 5.11 Å². The fraction of sp³-hybridized carbons (Fsp3) is 0.400. The fourth-order valence-corrected chi connectivity index (χ4v) is 0.144. The topological polar surface area (TPSA) is 20.2 Å². The zero-order valence-corrected chi connectivity index (χ0v) is 3.57. The zero-order valence-electron chi connectivity index (χ0n) is 3.57. The van der Waals surface area contributed by atoms with Gasteiger partial charge < -0.3 is 5.11 Å². The highest BCUT2D eigenvalue weighted by Crippen LogP contribution is 1.77. The Hall–Kier alpha value is -0.640. The lowest BCUT2D eigenvalue weighted by Gasteiger charge is -1.70. The lowest BCUT2D eigenvalue weighted by Crippen LogP contribution is -1.59. The van der Waals surface area contributed by atoms with Crippen molar-refractivity contribution in [2.75, 3.05) is 0 Å². The van der Waals surface area contributed by atoms with Crippen LogP contribution in [-0.4, -0.2) is 5.11 Å². The van der Waals surface area contributed by atoms with E-state index in [1.54, 1.807) is 6.11 Å². The van der Waals surface area contributed by atoms with Crippen LogP contribution in [0.15, 0.2) is 0 Å². The van der Waals surface area contributed by atoms with Crippen LogP contribution in [-0.2, 0) is 0 Å². The van der Waals surface area contributed by atoms with Crippen LogP contribution in [0.3, 0.4) is 0 Å². The Balaban J connectivity index is 2.79. The lowest BCUT2D eigenvalue weighted by atomic mass is 10.4. The molecule has 6 heavy (non-hydrogen) atoms. The highest BCUT2D eigenvalue weighted by molar-refractivity contribution is 4.89. The van der Waals surface area contributed by atoms with Gasteiger partial charge in [-0.05, 0) is 6.42 Å². The van der Waals surface area contributed by atoms with Crippen molar-refractivity contribution in [1.29, 1.82) is 0 Å². The molecule has 33 valence electrons. The Morgan fingerprint density at radius 1 is 1.67 bits per heavy atom. The third-order valence-corrected chi connectivity index (χ3v) is 0.381. The molecule has 0 atom stereocenters. The van der Waals surface area contributed by atoms with Gasteiger partial charge in [-0.3, -0.25) is 0 Å². The molecule has 1 nitrogen and oxygen atoms in total. The van der Waals surface area contributed by atoms with Crippen LogP contribution in [0, 0.1) is 19.0 Å². The average molecular weight is 83.1 g/mol. The van der Waals surface area contributed by atoms with Crippen molar-refractivity contribution in [2.24, 2.45) is 0 Å². The summed E-state index contributed by atoms with van der Waals surface area (Å²) in [7, 11) is 0. The van der Waals surface area contributed by atoms with Crippen molar-refractivity contribution in [3.05, 3.63) is 6.92 Å². The maximum absolute atomic E-state index is 7.81. The minimum atomic E-state index is 0.691. The van der Waals surface area contributed by atoms with Gasteiger partial charge in [-0.15, -0.1) is 0 Å². The normalized spacial score (nSPS) is 6.17. The van der Waals surface area contributed by atoms with E-state index in [0.29, 0.717) is 6.42 Å². The molecule has 0 aliphatic rings. The molecular weight excluding hydrogens is 76.1 g/mol. The SMILES string of the molecule is [CH2]CCC#CO. The van der Waals surface area contributed by atoms with Gasteiger partial charge >= 0.3 is 0 Å². The van der Waals surface area contributed by atoms with Gasteiger partial charge in [0.2, 0.25) is 0 Å². The summed E-state index contributed by atoms with van der Waals surface area (Å²) in [5.74, 6) is 2.44. The predicted octanol–water partition coefficient (Wildman–Crippen LogP) is 0.934. The third kappa shape index (κ3) is 3.36. The van der Waals surface area contributed by atoms with Gasteiger partial charge in [0.25, 0.3) is 0 Å². The second kappa shape index (κ2) is 4.36. The Morgan fingerprint density at radius 3 is 2.50 bits per heavy atom. The van der Waals surface area contributed by atoms with Gasteiger partial charge in [-0.2, -0.15) is 0 Å². The van der Waals surface area contributed by atoms with E-state index in [2.05, 4.69) is 12.8 Å². The second-order valence-corrected chi connectivity index (χ2v) is 0.892. The van der Waals surface area contributed by atoms with Gasteiger partial charge in [0.15, 0.2) is 0 Å². The van der Waals surface area contributed by atoms with Crippen molar-refractivity contribution in [2.45, 2.75) is 12.8 Å². The Morgan fingerprint density at radius 2 is 2.33 bits per heavy atom. The maximum Gasteiger partial charge on any atom is 0.107 e. The zero-order chi connectivity index (χ0) is 4.83. The molecule has 0 saturated carbocycles. The predicted molar refractivity (Wildman–Crippen MR) is 24.3 cm³/mol.